The van der Waals surface area contributed by atoms with Gasteiger partial charge < -0.3 is 13.9 Å². The Hall–Kier alpha value is -1.44. The van der Waals surface area contributed by atoms with E-state index in [-0.39, 0.29) is 12.1 Å². The highest BCUT2D eigenvalue weighted by atomic mass is 32.2. The van der Waals surface area contributed by atoms with Crippen molar-refractivity contribution in [2.45, 2.75) is 24.4 Å². The number of thioether (sulfide) groups is 1. The Bertz CT molecular complexity index is 587. The van der Waals surface area contributed by atoms with Gasteiger partial charge in [-0.2, -0.15) is 0 Å². The summed E-state index contributed by atoms with van der Waals surface area (Å²) in [7, 11) is 0. The van der Waals surface area contributed by atoms with Crippen molar-refractivity contribution < 1.29 is 18.3 Å². The Kier molecular flexibility index (Phi) is 4.84. The van der Waals surface area contributed by atoms with Crippen LogP contribution in [-0.4, -0.2) is 35.5 Å². The second-order valence-electron chi connectivity index (χ2n) is 4.58. The summed E-state index contributed by atoms with van der Waals surface area (Å²) in [5.74, 6) is 1.00. The fraction of sp³-hybridized carbons (Fsp3) is 0.429. The van der Waals surface area contributed by atoms with E-state index in [2.05, 4.69) is 10.2 Å². The first kappa shape index (κ1) is 14.5. The molecule has 2 aromatic rings. The van der Waals surface area contributed by atoms with E-state index in [0.29, 0.717) is 30.7 Å². The van der Waals surface area contributed by atoms with Crippen LogP contribution < -0.4 is 0 Å². The zero-order valence-electron chi connectivity index (χ0n) is 11.3. The largest absolute Gasteiger partial charge is 0.416 e. The van der Waals surface area contributed by atoms with Crippen LogP contribution in [-0.2, 0) is 15.9 Å². The smallest absolute Gasteiger partial charge is 0.276 e. The number of ether oxygens (including phenoxy) is 2. The van der Waals surface area contributed by atoms with E-state index >= 15 is 0 Å². The number of benzene rings is 1. The van der Waals surface area contributed by atoms with Crippen molar-refractivity contribution >= 4 is 11.8 Å². The molecule has 3 rings (SSSR count). The molecule has 2 heterocycles. The molecule has 0 saturated carbocycles. The molecule has 21 heavy (non-hydrogen) atoms. The van der Waals surface area contributed by atoms with Crippen LogP contribution in [0.4, 0.5) is 4.39 Å². The number of rotatable bonds is 6. The molecule has 0 radical (unpaired) electrons. The van der Waals surface area contributed by atoms with Gasteiger partial charge in [0.25, 0.3) is 5.22 Å². The van der Waals surface area contributed by atoms with Crippen molar-refractivity contribution in [1.29, 1.82) is 0 Å². The predicted octanol–water partition coefficient (Wildman–Crippen LogP) is 2.65. The summed E-state index contributed by atoms with van der Waals surface area (Å²) in [5, 5.41) is 8.45. The minimum Gasteiger partial charge on any atom is -0.416 e. The van der Waals surface area contributed by atoms with Crippen LogP contribution >= 0.6 is 11.8 Å². The molecule has 0 bridgehead atoms. The van der Waals surface area contributed by atoms with Crippen molar-refractivity contribution in [3.8, 4) is 0 Å². The van der Waals surface area contributed by atoms with Gasteiger partial charge >= 0.3 is 0 Å². The van der Waals surface area contributed by atoms with Gasteiger partial charge in [-0.25, -0.2) is 4.39 Å². The number of hydrogen-bond acceptors (Lipinski definition) is 6. The first-order valence-electron chi connectivity index (χ1n) is 6.72. The minimum atomic E-state index is -0.266. The average Bonchev–Trinajstić information content (AvgIpc) is 3.11. The summed E-state index contributed by atoms with van der Waals surface area (Å²) in [4.78, 5) is 0. The molecule has 0 spiro atoms. The highest BCUT2D eigenvalue weighted by Crippen LogP contribution is 2.21. The van der Waals surface area contributed by atoms with Gasteiger partial charge in [0.2, 0.25) is 5.89 Å². The third-order valence-electron chi connectivity index (χ3n) is 2.96. The van der Waals surface area contributed by atoms with E-state index in [1.54, 1.807) is 6.07 Å². The molecular formula is C14H15FN2O3S. The third-order valence-corrected chi connectivity index (χ3v) is 3.81. The number of hydrogen-bond donors (Lipinski definition) is 0. The summed E-state index contributed by atoms with van der Waals surface area (Å²) < 4.78 is 29.3. The second-order valence-corrected chi connectivity index (χ2v) is 5.62. The number of nitrogens with zero attached hydrogens (tertiary/aromatic N) is 2. The normalized spacial score (nSPS) is 15.7. The van der Waals surface area contributed by atoms with Crippen LogP contribution in [0.15, 0.2) is 33.9 Å². The van der Waals surface area contributed by atoms with Crippen LogP contribution in [0.1, 0.15) is 17.9 Å². The maximum absolute atomic E-state index is 13.1. The van der Waals surface area contributed by atoms with Crippen LogP contribution in [0.25, 0.3) is 0 Å². The summed E-state index contributed by atoms with van der Waals surface area (Å²) >= 11 is 1.47. The fourth-order valence-electron chi connectivity index (χ4n) is 2.01. The van der Waals surface area contributed by atoms with E-state index < -0.39 is 0 Å². The average molecular weight is 310 g/mol. The first-order valence-corrected chi connectivity index (χ1v) is 7.71. The molecule has 1 aromatic carbocycles. The standard InChI is InChI=1S/C14H15FN2O3S/c15-11-3-1-2-10(8-11)9-12-16-17-14(20-12)21-7-4-13-18-5-6-19-13/h1-3,8,13H,4-7,9H2. The zero-order chi connectivity index (χ0) is 14.5. The van der Waals surface area contributed by atoms with Gasteiger partial charge in [-0.15, -0.1) is 10.2 Å². The van der Waals surface area contributed by atoms with E-state index in [0.717, 1.165) is 17.7 Å². The monoisotopic (exact) mass is 310 g/mol. The van der Waals surface area contributed by atoms with Gasteiger partial charge in [-0.1, -0.05) is 23.9 Å². The zero-order valence-corrected chi connectivity index (χ0v) is 12.1. The predicted molar refractivity (Wildman–Crippen MR) is 74.5 cm³/mol. The molecule has 1 aliphatic rings. The lowest BCUT2D eigenvalue weighted by Crippen LogP contribution is -2.08. The number of halogens is 1. The molecule has 7 heteroatoms. The lowest BCUT2D eigenvalue weighted by Gasteiger charge is -2.06. The number of aromatic nitrogens is 2. The van der Waals surface area contributed by atoms with Gasteiger partial charge in [-0.05, 0) is 17.7 Å². The molecule has 0 N–H and O–H groups in total. The Morgan fingerprint density at radius 1 is 1.24 bits per heavy atom. The lowest BCUT2D eigenvalue weighted by atomic mass is 10.1. The van der Waals surface area contributed by atoms with Crippen molar-refractivity contribution in [1.82, 2.24) is 10.2 Å². The van der Waals surface area contributed by atoms with Crippen molar-refractivity contribution in [2.75, 3.05) is 19.0 Å². The minimum absolute atomic E-state index is 0.118. The van der Waals surface area contributed by atoms with Crippen molar-refractivity contribution in [2.24, 2.45) is 0 Å². The van der Waals surface area contributed by atoms with Gasteiger partial charge in [0.05, 0.1) is 19.6 Å². The molecule has 0 amide bonds. The third kappa shape index (κ3) is 4.26. The maximum atomic E-state index is 13.1. The molecule has 1 fully saturated rings. The molecule has 1 saturated heterocycles. The molecule has 1 aliphatic heterocycles. The van der Waals surface area contributed by atoms with Gasteiger partial charge in [0.15, 0.2) is 6.29 Å². The fourth-order valence-corrected chi connectivity index (χ4v) is 2.74. The van der Waals surface area contributed by atoms with E-state index in [1.807, 2.05) is 6.07 Å². The van der Waals surface area contributed by atoms with E-state index in [9.17, 15) is 4.39 Å². The summed E-state index contributed by atoms with van der Waals surface area (Å²) in [6.45, 7) is 1.32. The Labute approximate surface area is 125 Å². The highest BCUT2D eigenvalue weighted by molar-refractivity contribution is 7.99. The molecule has 112 valence electrons. The van der Waals surface area contributed by atoms with E-state index in [1.165, 1.54) is 23.9 Å². The lowest BCUT2D eigenvalue weighted by molar-refractivity contribution is -0.0421. The first-order chi connectivity index (χ1) is 10.3. The van der Waals surface area contributed by atoms with Crippen molar-refractivity contribution in [3.05, 3.63) is 41.5 Å². The van der Waals surface area contributed by atoms with Crippen LogP contribution in [0.3, 0.4) is 0 Å². The quantitative estimate of drug-likeness (QED) is 0.765. The summed E-state index contributed by atoms with van der Waals surface area (Å²) in [5.41, 5.74) is 0.808. The van der Waals surface area contributed by atoms with Gasteiger partial charge in [-0.3, -0.25) is 0 Å². The Morgan fingerprint density at radius 3 is 2.90 bits per heavy atom. The van der Waals surface area contributed by atoms with Crippen LogP contribution in [0, 0.1) is 5.82 Å². The SMILES string of the molecule is Fc1cccc(Cc2nnc(SCCC3OCCO3)o2)c1. The molecule has 1 aromatic heterocycles. The van der Waals surface area contributed by atoms with E-state index in [4.69, 9.17) is 13.9 Å². The van der Waals surface area contributed by atoms with Crippen molar-refractivity contribution in [3.63, 3.8) is 0 Å². The van der Waals surface area contributed by atoms with Gasteiger partial charge in [0, 0.05) is 12.2 Å². The molecule has 0 aliphatic carbocycles. The second kappa shape index (κ2) is 7.02. The Morgan fingerprint density at radius 2 is 2.10 bits per heavy atom. The highest BCUT2D eigenvalue weighted by Gasteiger charge is 2.16. The molecule has 5 nitrogen and oxygen atoms in total. The summed E-state index contributed by atoms with van der Waals surface area (Å²) in [6.07, 6.45) is 1.10. The topological polar surface area (TPSA) is 57.4 Å². The van der Waals surface area contributed by atoms with Crippen LogP contribution in [0.2, 0.25) is 0 Å². The Balaban J connectivity index is 1.49. The van der Waals surface area contributed by atoms with Gasteiger partial charge in [0.1, 0.15) is 5.82 Å². The van der Waals surface area contributed by atoms with Crippen LogP contribution in [0.5, 0.6) is 0 Å². The maximum Gasteiger partial charge on any atom is 0.276 e. The molecular weight excluding hydrogens is 295 g/mol. The molecule has 0 unspecified atom stereocenters. The molecule has 0 atom stereocenters. The summed E-state index contributed by atoms with van der Waals surface area (Å²) in [6, 6.07) is 6.37.